The Bertz CT molecular complexity index is 860. The van der Waals surface area contributed by atoms with Crippen molar-refractivity contribution in [1.82, 2.24) is 5.32 Å². The monoisotopic (exact) mass is 362 g/mol. The van der Waals surface area contributed by atoms with Gasteiger partial charge in [-0.2, -0.15) is 0 Å². The third-order valence-electron chi connectivity index (χ3n) is 4.24. The topological polar surface area (TPSA) is 75.3 Å². The predicted molar refractivity (Wildman–Crippen MR) is 93.4 cm³/mol. The Hall–Kier alpha value is -2.41. The van der Waals surface area contributed by atoms with Crippen LogP contribution in [0.2, 0.25) is 0 Å². The van der Waals surface area contributed by atoms with Gasteiger partial charge in [-0.15, -0.1) is 0 Å². The molecule has 5 nitrogen and oxygen atoms in total. The van der Waals surface area contributed by atoms with E-state index in [1.807, 2.05) is 0 Å². The van der Waals surface area contributed by atoms with E-state index in [2.05, 4.69) is 10.0 Å². The van der Waals surface area contributed by atoms with Gasteiger partial charge >= 0.3 is 0 Å². The summed E-state index contributed by atoms with van der Waals surface area (Å²) >= 11 is 0. The normalized spacial score (nSPS) is 15.1. The molecule has 2 N–H and O–H groups in total. The second kappa shape index (κ2) is 7.23. The molecule has 2 aromatic rings. The fraction of sp³-hybridized carbons (Fsp3) is 0.278. The summed E-state index contributed by atoms with van der Waals surface area (Å²) in [5, 5.41) is 2.95. The number of carbonyl (C=O) groups is 1. The second-order valence-corrected chi connectivity index (χ2v) is 7.75. The number of amides is 1. The molecule has 1 aliphatic carbocycles. The Morgan fingerprint density at radius 1 is 1.00 bits per heavy atom. The average molecular weight is 362 g/mol. The van der Waals surface area contributed by atoms with Gasteiger partial charge in [-0.3, -0.25) is 9.52 Å². The van der Waals surface area contributed by atoms with Crippen LogP contribution in [0, 0.1) is 5.82 Å². The molecular weight excluding hydrogens is 343 g/mol. The maximum absolute atomic E-state index is 13.6. The van der Waals surface area contributed by atoms with Crippen molar-refractivity contribution in [3.8, 4) is 0 Å². The van der Waals surface area contributed by atoms with Gasteiger partial charge in [0.1, 0.15) is 5.82 Å². The molecule has 2 aromatic carbocycles. The van der Waals surface area contributed by atoms with E-state index in [9.17, 15) is 17.6 Å². The Morgan fingerprint density at radius 3 is 2.28 bits per heavy atom. The zero-order chi connectivity index (χ0) is 17.9. The molecule has 0 heterocycles. The lowest BCUT2D eigenvalue weighted by Crippen LogP contribution is -2.32. The summed E-state index contributed by atoms with van der Waals surface area (Å²) < 4.78 is 40.5. The number of sulfonamides is 1. The molecule has 25 heavy (non-hydrogen) atoms. The van der Waals surface area contributed by atoms with Crippen LogP contribution in [0.15, 0.2) is 53.4 Å². The fourth-order valence-electron chi connectivity index (χ4n) is 2.87. The number of para-hydroxylation sites is 1. The standard InChI is InChI=1S/C18H19FN2O3S/c19-16-7-3-4-8-17(16)21-25(23,24)15-11-9-13(10-12-15)18(22)20-14-5-1-2-6-14/h3-4,7-12,14,21H,1-2,5-6H2,(H,20,22). The Labute approximate surface area is 146 Å². The third kappa shape index (κ3) is 4.17. The van der Waals surface area contributed by atoms with Crippen LogP contribution in [-0.4, -0.2) is 20.4 Å². The van der Waals surface area contributed by atoms with Gasteiger partial charge in [0, 0.05) is 11.6 Å². The first kappa shape index (κ1) is 17.4. The number of hydrogen-bond donors (Lipinski definition) is 2. The molecule has 0 radical (unpaired) electrons. The molecule has 0 aromatic heterocycles. The zero-order valence-electron chi connectivity index (χ0n) is 13.5. The van der Waals surface area contributed by atoms with Gasteiger partial charge in [0.05, 0.1) is 10.6 Å². The van der Waals surface area contributed by atoms with Gasteiger partial charge in [-0.25, -0.2) is 12.8 Å². The lowest BCUT2D eigenvalue weighted by atomic mass is 10.2. The molecule has 0 saturated heterocycles. The SMILES string of the molecule is O=C(NC1CCCC1)c1ccc(S(=O)(=O)Nc2ccccc2F)cc1. The minimum absolute atomic E-state index is 0.0341. The van der Waals surface area contributed by atoms with Gasteiger partial charge in [0.2, 0.25) is 0 Å². The number of anilines is 1. The van der Waals surface area contributed by atoms with E-state index in [0.717, 1.165) is 25.7 Å². The van der Waals surface area contributed by atoms with E-state index >= 15 is 0 Å². The quantitative estimate of drug-likeness (QED) is 0.857. The van der Waals surface area contributed by atoms with Crippen LogP contribution in [0.5, 0.6) is 0 Å². The number of hydrogen-bond acceptors (Lipinski definition) is 3. The van der Waals surface area contributed by atoms with Crippen LogP contribution in [0.4, 0.5) is 10.1 Å². The minimum atomic E-state index is -3.92. The molecule has 0 unspecified atom stereocenters. The van der Waals surface area contributed by atoms with Gasteiger partial charge in [0.25, 0.3) is 15.9 Å². The summed E-state index contributed by atoms with van der Waals surface area (Å²) in [7, 11) is -3.92. The van der Waals surface area contributed by atoms with Crippen molar-refractivity contribution < 1.29 is 17.6 Å². The Kier molecular flexibility index (Phi) is 5.03. The van der Waals surface area contributed by atoms with E-state index in [-0.39, 0.29) is 22.5 Å². The molecule has 7 heteroatoms. The van der Waals surface area contributed by atoms with E-state index in [0.29, 0.717) is 5.56 Å². The van der Waals surface area contributed by atoms with Crippen molar-refractivity contribution in [2.45, 2.75) is 36.6 Å². The first-order chi connectivity index (χ1) is 12.0. The number of halogens is 1. The minimum Gasteiger partial charge on any atom is -0.349 e. The van der Waals surface area contributed by atoms with Crippen molar-refractivity contribution in [3.63, 3.8) is 0 Å². The van der Waals surface area contributed by atoms with Crippen molar-refractivity contribution in [3.05, 3.63) is 59.9 Å². The van der Waals surface area contributed by atoms with Gasteiger partial charge in [-0.05, 0) is 49.2 Å². The summed E-state index contributed by atoms with van der Waals surface area (Å²) in [4.78, 5) is 12.1. The number of carbonyl (C=O) groups excluding carboxylic acids is 1. The van der Waals surface area contributed by atoms with Crippen LogP contribution in [0.1, 0.15) is 36.0 Å². The first-order valence-electron chi connectivity index (χ1n) is 8.14. The maximum Gasteiger partial charge on any atom is 0.261 e. The van der Waals surface area contributed by atoms with Crippen LogP contribution in [-0.2, 0) is 10.0 Å². The summed E-state index contributed by atoms with van der Waals surface area (Å²) in [6.07, 6.45) is 4.18. The number of benzene rings is 2. The molecule has 0 bridgehead atoms. The van der Waals surface area contributed by atoms with Crippen molar-refractivity contribution in [2.75, 3.05) is 4.72 Å². The predicted octanol–water partition coefficient (Wildman–Crippen LogP) is 3.30. The van der Waals surface area contributed by atoms with E-state index in [1.54, 1.807) is 0 Å². The molecule has 1 aliphatic rings. The Balaban J connectivity index is 1.72. The average Bonchev–Trinajstić information content (AvgIpc) is 3.10. The molecule has 1 amide bonds. The van der Waals surface area contributed by atoms with Crippen LogP contribution in [0.3, 0.4) is 0 Å². The van der Waals surface area contributed by atoms with Crippen LogP contribution < -0.4 is 10.0 Å². The smallest absolute Gasteiger partial charge is 0.261 e. The fourth-order valence-corrected chi connectivity index (χ4v) is 3.94. The highest BCUT2D eigenvalue weighted by Gasteiger charge is 2.19. The molecule has 3 rings (SSSR count). The zero-order valence-corrected chi connectivity index (χ0v) is 14.4. The maximum atomic E-state index is 13.6. The Morgan fingerprint density at radius 2 is 1.64 bits per heavy atom. The molecule has 0 spiro atoms. The highest BCUT2D eigenvalue weighted by molar-refractivity contribution is 7.92. The van der Waals surface area contributed by atoms with Gasteiger partial charge in [-0.1, -0.05) is 25.0 Å². The van der Waals surface area contributed by atoms with E-state index in [1.165, 1.54) is 48.5 Å². The van der Waals surface area contributed by atoms with E-state index in [4.69, 9.17) is 0 Å². The number of rotatable bonds is 5. The van der Waals surface area contributed by atoms with Gasteiger partial charge in [0.15, 0.2) is 0 Å². The molecule has 0 aliphatic heterocycles. The number of nitrogens with one attached hydrogen (secondary N) is 2. The highest BCUT2D eigenvalue weighted by Crippen LogP contribution is 2.20. The molecular formula is C18H19FN2O3S. The van der Waals surface area contributed by atoms with Crippen LogP contribution >= 0.6 is 0 Å². The highest BCUT2D eigenvalue weighted by atomic mass is 32.2. The second-order valence-electron chi connectivity index (χ2n) is 6.06. The van der Waals surface area contributed by atoms with E-state index < -0.39 is 15.8 Å². The lowest BCUT2D eigenvalue weighted by Gasteiger charge is -2.12. The molecule has 1 fully saturated rings. The van der Waals surface area contributed by atoms with Crippen molar-refractivity contribution >= 4 is 21.6 Å². The van der Waals surface area contributed by atoms with Gasteiger partial charge < -0.3 is 5.32 Å². The van der Waals surface area contributed by atoms with Crippen molar-refractivity contribution in [2.24, 2.45) is 0 Å². The van der Waals surface area contributed by atoms with Crippen molar-refractivity contribution in [1.29, 1.82) is 0 Å². The third-order valence-corrected chi connectivity index (χ3v) is 5.62. The molecule has 1 saturated carbocycles. The lowest BCUT2D eigenvalue weighted by molar-refractivity contribution is 0.0938. The summed E-state index contributed by atoms with van der Waals surface area (Å²) in [5.41, 5.74) is 0.280. The summed E-state index contributed by atoms with van der Waals surface area (Å²) in [5.74, 6) is -0.864. The molecule has 132 valence electrons. The largest absolute Gasteiger partial charge is 0.349 e. The first-order valence-corrected chi connectivity index (χ1v) is 9.62. The summed E-state index contributed by atoms with van der Waals surface area (Å²) in [6.45, 7) is 0. The summed E-state index contributed by atoms with van der Waals surface area (Å²) in [6, 6.07) is 11.3. The molecule has 0 atom stereocenters. The van der Waals surface area contributed by atoms with Crippen LogP contribution in [0.25, 0.3) is 0 Å².